The Balaban J connectivity index is 2.21. The molecule has 18 heavy (non-hydrogen) atoms. The normalized spacial score (nSPS) is 10.5. The lowest BCUT2D eigenvalue weighted by Crippen LogP contribution is -2.01. The van der Waals surface area contributed by atoms with Crippen molar-refractivity contribution in [3.63, 3.8) is 0 Å². The molecule has 0 fully saturated rings. The molecule has 0 amide bonds. The zero-order chi connectivity index (χ0) is 13.0. The zero-order valence-corrected chi connectivity index (χ0v) is 10.9. The summed E-state index contributed by atoms with van der Waals surface area (Å²) < 4.78 is 1.90. The maximum atomic E-state index is 10.6. The summed E-state index contributed by atoms with van der Waals surface area (Å²) in [6, 6.07) is 8.18. The molecule has 0 atom stereocenters. The number of carboxylic acid groups (broad SMARTS) is 1. The summed E-state index contributed by atoms with van der Waals surface area (Å²) in [6.45, 7) is 2.11. The number of benzene rings is 1. The summed E-state index contributed by atoms with van der Waals surface area (Å²) in [7, 11) is 0. The first-order valence-corrected chi connectivity index (χ1v) is 6.66. The second kappa shape index (κ2) is 5.73. The van der Waals surface area contributed by atoms with Gasteiger partial charge in [-0.2, -0.15) is 0 Å². The van der Waals surface area contributed by atoms with Crippen LogP contribution in [0.3, 0.4) is 0 Å². The highest BCUT2D eigenvalue weighted by Gasteiger charge is 2.07. The van der Waals surface area contributed by atoms with Crippen LogP contribution in [-0.4, -0.2) is 26.4 Å². The Morgan fingerprint density at radius 1 is 1.39 bits per heavy atom. The van der Waals surface area contributed by atoms with Crippen LogP contribution in [0.5, 0.6) is 0 Å². The largest absolute Gasteiger partial charge is 0.481 e. The number of hydrogen-bond donors (Lipinski definition) is 1. The van der Waals surface area contributed by atoms with E-state index in [-0.39, 0.29) is 5.75 Å². The SMILES string of the molecule is CCc1ccc(-n2ccnc2SCC(=O)O)cc1. The molecule has 0 aliphatic heterocycles. The molecule has 0 aliphatic rings. The highest BCUT2D eigenvalue weighted by molar-refractivity contribution is 7.99. The number of hydrogen-bond acceptors (Lipinski definition) is 3. The van der Waals surface area contributed by atoms with Crippen LogP contribution in [0.15, 0.2) is 41.8 Å². The van der Waals surface area contributed by atoms with Crippen LogP contribution in [0.2, 0.25) is 0 Å². The Hall–Kier alpha value is -1.75. The summed E-state index contributed by atoms with van der Waals surface area (Å²) in [5.74, 6) is -0.819. The molecule has 0 unspecified atom stereocenters. The summed E-state index contributed by atoms with van der Waals surface area (Å²) in [4.78, 5) is 14.7. The van der Waals surface area contributed by atoms with Gasteiger partial charge in [0.2, 0.25) is 0 Å². The van der Waals surface area contributed by atoms with Crippen LogP contribution in [0.4, 0.5) is 0 Å². The van der Waals surface area contributed by atoms with Crippen molar-refractivity contribution in [1.82, 2.24) is 9.55 Å². The van der Waals surface area contributed by atoms with Gasteiger partial charge < -0.3 is 5.11 Å². The van der Waals surface area contributed by atoms with Crippen molar-refractivity contribution in [3.8, 4) is 5.69 Å². The minimum Gasteiger partial charge on any atom is -0.481 e. The van der Waals surface area contributed by atoms with Crippen LogP contribution in [0.1, 0.15) is 12.5 Å². The molecule has 0 radical (unpaired) electrons. The van der Waals surface area contributed by atoms with E-state index in [1.807, 2.05) is 22.9 Å². The third-order valence-corrected chi connectivity index (χ3v) is 3.51. The molecule has 0 saturated heterocycles. The molecule has 94 valence electrons. The molecule has 1 N–H and O–H groups in total. The van der Waals surface area contributed by atoms with E-state index in [0.29, 0.717) is 5.16 Å². The van der Waals surface area contributed by atoms with Gasteiger partial charge in [-0.15, -0.1) is 0 Å². The highest BCUT2D eigenvalue weighted by Crippen LogP contribution is 2.20. The summed E-state index contributed by atoms with van der Waals surface area (Å²) >= 11 is 1.22. The Bertz CT molecular complexity index is 534. The third kappa shape index (κ3) is 2.92. The van der Waals surface area contributed by atoms with Gasteiger partial charge in [-0.3, -0.25) is 9.36 Å². The lowest BCUT2D eigenvalue weighted by molar-refractivity contribution is -0.133. The van der Waals surface area contributed by atoms with E-state index >= 15 is 0 Å². The topological polar surface area (TPSA) is 55.1 Å². The number of imidazole rings is 1. The quantitative estimate of drug-likeness (QED) is 0.842. The van der Waals surface area contributed by atoms with Crippen LogP contribution < -0.4 is 0 Å². The molecule has 1 aromatic heterocycles. The van der Waals surface area contributed by atoms with E-state index in [4.69, 9.17) is 5.11 Å². The van der Waals surface area contributed by atoms with E-state index in [0.717, 1.165) is 12.1 Å². The van der Waals surface area contributed by atoms with Gasteiger partial charge in [-0.1, -0.05) is 30.8 Å². The van der Waals surface area contributed by atoms with Gasteiger partial charge in [0, 0.05) is 18.1 Å². The van der Waals surface area contributed by atoms with Crippen LogP contribution in [0, 0.1) is 0 Å². The number of carbonyl (C=O) groups is 1. The van der Waals surface area contributed by atoms with Crippen molar-refractivity contribution in [3.05, 3.63) is 42.2 Å². The van der Waals surface area contributed by atoms with Gasteiger partial charge >= 0.3 is 5.97 Å². The number of aromatic nitrogens is 2. The van der Waals surface area contributed by atoms with E-state index < -0.39 is 5.97 Å². The first-order chi connectivity index (χ1) is 8.70. The zero-order valence-electron chi connectivity index (χ0n) is 10.0. The molecule has 0 saturated carbocycles. The summed E-state index contributed by atoms with van der Waals surface area (Å²) in [5, 5.41) is 9.38. The van der Waals surface area contributed by atoms with Gasteiger partial charge in [0.05, 0.1) is 5.75 Å². The molecule has 5 heteroatoms. The monoisotopic (exact) mass is 262 g/mol. The third-order valence-electron chi connectivity index (χ3n) is 2.55. The summed E-state index contributed by atoms with van der Waals surface area (Å²) in [6.07, 6.45) is 4.52. The second-order valence-corrected chi connectivity index (χ2v) is 4.72. The fourth-order valence-electron chi connectivity index (χ4n) is 1.61. The van der Waals surface area contributed by atoms with Crippen molar-refractivity contribution in [1.29, 1.82) is 0 Å². The number of aliphatic carboxylic acids is 1. The predicted octanol–water partition coefficient (Wildman–Crippen LogP) is 2.61. The van der Waals surface area contributed by atoms with Crippen molar-refractivity contribution >= 4 is 17.7 Å². The average Bonchev–Trinajstić information content (AvgIpc) is 2.85. The number of aryl methyl sites for hydroxylation is 1. The highest BCUT2D eigenvalue weighted by atomic mass is 32.2. The Labute approximate surface area is 110 Å². The molecule has 0 spiro atoms. The van der Waals surface area contributed by atoms with Crippen molar-refractivity contribution in [2.75, 3.05) is 5.75 Å². The van der Waals surface area contributed by atoms with Gasteiger partial charge in [0.25, 0.3) is 0 Å². The second-order valence-electron chi connectivity index (χ2n) is 3.78. The molecule has 2 aromatic rings. The molecule has 0 aliphatic carbocycles. The number of carboxylic acids is 1. The van der Waals surface area contributed by atoms with Crippen LogP contribution in [0.25, 0.3) is 5.69 Å². The van der Waals surface area contributed by atoms with E-state index in [1.54, 1.807) is 6.20 Å². The first-order valence-electron chi connectivity index (χ1n) is 5.68. The van der Waals surface area contributed by atoms with Gasteiger partial charge in [-0.25, -0.2) is 4.98 Å². The maximum absolute atomic E-state index is 10.6. The molecule has 4 nitrogen and oxygen atoms in total. The van der Waals surface area contributed by atoms with Crippen molar-refractivity contribution in [2.24, 2.45) is 0 Å². The Kier molecular flexibility index (Phi) is 4.04. The Morgan fingerprint density at radius 3 is 2.72 bits per heavy atom. The van der Waals surface area contributed by atoms with Crippen molar-refractivity contribution in [2.45, 2.75) is 18.5 Å². The molecule has 1 heterocycles. The number of nitrogens with zero attached hydrogens (tertiary/aromatic N) is 2. The fraction of sp³-hybridized carbons (Fsp3) is 0.231. The fourth-order valence-corrected chi connectivity index (χ4v) is 2.30. The smallest absolute Gasteiger partial charge is 0.313 e. The maximum Gasteiger partial charge on any atom is 0.313 e. The van der Waals surface area contributed by atoms with E-state index in [9.17, 15) is 4.79 Å². The van der Waals surface area contributed by atoms with Gasteiger partial charge in [0.15, 0.2) is 5.16 Å². The number of thioether (sulfide) groups is 1. The molecular weight excluding hydrogens is 248 g/mol. The molecule has 1 aromatic carbocycles. The van der Waals surface area contributed by atoms with Crippen LogP contribution in [-0.2, 0) is 11.2 Å². The summed E-state index contributed by atoms with van der Waals surface area (Å²) in [5.41, 5.74) is 2.27. The molecule has 2 rings (SSSR count). The number of rotatable bonds is 5. The van der Waals surface area contributed by atoms with Crippen LogP contribution >= 0.6 is 11.8 Å². The minimum absolute atomic E-state index is 0.0179. The minimum atomic E-state index is -0.837. The van der Waals surface area contributed by atoms with Crippen molar-refractivity contribution < 1.29 is 9.90 Å². The molecule has 0 bridgehead atoms. The standard InChI is InChI=1S/C13H14N2O2S/c1-2-10-3-5-11(6-4-10)15-8-7-14-13(15)18-9-12(16)17/h3-8H,2,9H2,1H3,(H,16,17). The Morgan fingerprint density at radius 2 is 2.11 bits per heavy atom. The predicted molar refractivity (Wildman–Crippen MR) is 71.3 cm³/mol. The first kappa shape index (κ1) is 12.7. The van der Waals surface area contributed by atoms with Gasteiger partial charge in [0.1, 0.15) is 0 Å². The lowest BCUT2D eigenvalue weighted by atomic mass is 10.1. The molecular formula is C13H14N2O2S. The average molecular weight is 262 g/mol. The van der Waals surface area contributed by atoms with E-state index in [1.165, 1.54) is 17.3 Å². The van der Waals surface area contributed by atoms with E-state index in [2.05, 4.69) is 24.0 Å². The van der Waals surface area contributed by atoms with Gasteiger partial charge in [-0.05, 0) is 24.1 Å². The lowest BCUT2D eigenvalue weighted by Gasteiger charge is -2.07.